The number of nitro benzene ring substituents is 1. The Morgan fingerprint density at radius 1 is 1.42 bits per heavy atom. The SMILES string of the molecule is O=C(O)CNCc1c([N+](=O)[O-])cccc1C(F)(F)F. The number of rotatable bonds is 5. The zero-order valence-electron chi connectivity index (χ0n) is 9.40. The minimum absolute atomic E-state index is 0.557. The molecule has 0 atom stereocenters. The number of alkyl halides is 3. The molecule has 2 N–H and O–H groups in total. The quantitative estimate of drug-likeness (QED) is 0.632. The van der Waals surface area contributed by atoms with Crippen molar-refractivity contribution in [2.75, 3.05) is 6.54 Å². The molecule has 0 aliphatic rings. The highest BCUT2D eigenvalue weighted by atomic mass is 19.4. The lowest BCUT2D eigenvalue weighted by molar-refractivity contribution is -0.385. The minimum atomic E-state index is -4.74. The van der Waals surface area contributed by atoms with Crippen LogP contribution in [0.15, 0.2) is 18.2 Å². The van der Waals surface area contributed by atoms with Crippen LogP contribution in [0.2, 0.25) is 0 Å². The smallest absolute Gasteiger partial charge is 0.416 e. The van der Waals surface area contributed by atoms with Crippen LogP contribution in [0.3, 0.4) is 0 Å². The summed E-state index contributed by atoms with van der Waals surface area (Å²) in [5.74, 6) is -1.27. The van der Waals surface area contributed by atoms with Crippen molar-refractivity contribution in [3.8, 4) is 0 Å². The molecule has 9 heteroatoms. The molecule has 0 saturated heterocycles. The van der Waals surface area contributed by atoms with Gasteiger partial charge in [0.05, 0.1) is 22.6 Å². The lowest BCUT2D eigenvalue weighted by atomic mass is 10.0. The van der Waals surface area contributed by atoms with Gasteiger partial charge in [-0.25, -0.2) is 0 Å². The summed E-state index contributed by atoms with van der Waals surface area (Å²) >= 11 is 0. The Morgan fingerprint density at radius 2 is 2.05 bits per heavy atom. The van der Waals surface area contributed by atoms with Crippen molar-refractivity contribution in [1.29, 1.82) is 0 Å². The van der Waals surface area contributed by atoms with Gasteiger partial charge in [0.25, 0.3) is 5.69 Å². The Bertz CT molecular complexity index is 502. The number of halogens is 3. The molecule has 0 aliphatic carbocycles. The predicted molar refractivity (Wildman–Crippen MR) is 57.4 cm³/mol. The summed E-state index contributed by atoms with van der Waals surface area (Å²) in [6.45, 7) is -1.15. The van der Waals surface area contributed by atoms with Crippen LogP contribution in [0.25, 0.3) is 0 Å². The molecule has 6 nitrogen and oxygen atoms in total. The van der Waals surface area contributed by atoms with Crippen LogP contribution in [0.5, 0.6) is 0 Å². The topological polar surface area (TPSA) is 92.5 Å². The molecule has 0 radical (unpaired) electrons. The fraction of sp³-hybridized carbons (Fsp3) is 0.300. The molecule has 0 heterocycles. The Kier molecular flexibility index (Phi) is 4.43. The maximum atomic E-state index is 12.7. The average Bonchev–Trinajstić information content (AvgIpc) is 2.26. The molecule has 0 amide bonds. The van der Waals surface area contributed by atoms with Crippen molar-refractivity contribution >= 4 is 11.7 Å². The van der Waals surface area contributed by atoms with E-state index >= 15 is 0 Å². The summed E-state index contributed by atoms with van der Waals surface area (Å²) in [7, 11) is 0. The molecule has 0 fully saturated rings. The molecule has 0 unspecified atom stereocenters. The van der Waals surface area contributed by atoms with E-state index in [1.54, 1.807) is 0 Å². The molecule has 0 aromatic heterocycles. The predicted octanol–water partition coefficient (Wildman–Crippen LogP) is 1.79. The molecule has 19 heavy (non-hydrogen) atoms. The maximum absolute atomic E-state index is 12.7. The Balaban J connectivity index is 3.15. The summed E-state index contributed by atoms with van der Waals surface area (Å²) in [4.78, 5) is 20.0. The third-order valence-electron chi connectivity index (χ3n) is 2.23. The highest BCUT2D eigenvalue weighted by molar-refractivity contribution is 5.69. The average molecular weight is 278 g/mol. The fourth-order valence-electron chi connectivity index (χ4n) is 1.49. The zero-order valence-corrected chi connectivity index (χ0v) is 9.40. The van der Waals surface area contributed by atoms with E-state index in [1.165, 1.54) is 0 Å². The molecule has 0 bridgehead atoms. The van der Waals surface area contributed by atoms with Gasteiger partial charge in [0.15, 0.2) is 0 Å². The van der Waals surface area contributed by atoms with E-state index in [2.05, 4.69) is 5.32 Å². The summed E-state index contributed by atoms with van der Waals surface area (Å²) < 4.78 is 38.1. The number of nitrogens with one attached hydrogen (secondary N) is 1. The Hall–Kier alpha value is -2.16. The normalized spacial score (nSPS) is 11.3. The number of nitro groups is 1. The highest BCUT2D eigenvalue weighted by Crippen LogP contribution is 2.35. The van der Waals surface area contributed by atoms with Crippen molar-refractivity contribution in [2.45, 2.75) is 12.7 Å². The largest absolute Gasteiger partial charge is 0.480 e. The first-order valence-electron chi connectivity index (χ1n) is 4.99. The fourth-order valence-corrected chi connectivity index (χ4v) is 1.49. The van der Waals surface area contributed by atoms with Crippen molar-refractivity contribution < 1.29 is 28.0 Å². The highest BCUT2D eigenvalue weighted by Gasteiger charge is 2.36. The molecule has 1 rings (SSSR count). The van der Waals surface area contributed by atoms with Gasteiger partial charge < -0.3 is 10.4 Å². The Labute approximate surface area is 105 Å². The maximum Gasteiger partial charge on any atom is 0.416 e. The summed E-state index contributed by atoms with van der Waals surface area (Å²) in [5, 5.41) is 21.3. The monoisotopic (exact) mass is 278 g/mol. The lowest BCUT2D eigenvalue weighted by Crippen LogP contribution is -2.24. The second kappa shape index (κ2) is 5.65. The number of benzene rings is 1. The van der Waals surface area contributed by atoms with Gasteiger partial charge in [-0.15, -0.1) is 0 Å². The van der Waals surface area contributed by atoms with Crippen molar-refractivity contribution in [3.05, 3.63) is 39.4 Å². The molecule has 0 saturated carbocycles. The van der Waals surface area contributed by atoms with Crippen LogP contribution < -0.4 is 5.32 Å². The van der Waals surface area contributed by atoms with Crippen LogP contribution in [0.4, 0.5) is 18.9 Å². The van der Waals surface area contributed by atoms with Gasteiger partial charge >= 0.3 is 12.1 Å². The van der Waals surface area contributed by atoms with Gasteiger partial charge in [-0.05, 0) is 6.07 Å². The first kappa shape index (κ1) is 14.9. The van der Waals surface area contributed by atoms with Gasteiger partial charge in [0.1, 0.15) is 0 Å². The number of hydrogen-bond acceptors (Lipinski definition) is 4. The summed E-state index contributed by atoms with van der Waals surface area (Å²) in [6, 6.07) is 2.58. The van der Waals surface area contributed by atoms with Crippen LogP contribution in [-0.4, -0.2) is 22.5 Å². The van der Waals surface area contributed by atoms with Crippen LogP contribution in [0, 0.1) is 10.1 Å². The number of nitrogens with zero attached hydrogens (tertiary/aromatic N) is 1. The molecule has 104 valence electrons. The molecule has 0 spiro atoms. The number of hydrogen-bond donors (Lipinski definition) is 2. The van der Waals surface area contributed by atoms with E-state index < -0.39 is 47.0 Å². The van der Waals surface area contributed by atoms with E-state index in [0.29, 0.717) is 6.07 Å². The van der Waals surface area contributed by atoms with E-state index in [9.17, 15) is 28.1 Å². The van der Waals surface area contributed by atoms with Crippen LogP contribution in [0.1, 0.15) is 11.1 Å². The van der Waals surface area contributed by atoms with Crippen LogP contribution >= 0.6 is 0 Å². The standard InChI is InChI=1S/C10H9F3N2O4/c11-10(12,13)7-2-1-3-8(15(18)19)6(7)4-14-5-9(16)17/h1-3,14H,4-5H2,(H,16,17). The van der Waals surface area contributed by atoms with Gasteiger partial charge in [0, 0.05) is 12.6 Å². The van der Waals surface area contributed by atoms with Gasteiger partial charge in [-0.2, -0.15) is 13.2 Å². The first-order chi connectivity index (χ1) is 8.73. The second-order valence-corrected chi connectivity index (χ2v) is 3.56. The second-order valence-electron chi connectivity index (χ2n) is 3.56. The third-order valence-corrected chi connectivity index (χ3v) is 2.23. The molecular weight excluding hydrogens is 269 g/mol. The molecule has 0 aliphatic heterocycles. The number of aliphatic carboxylic acids is 1. The summed E-state index contributed by atoms with van der Waals surface area (Å²) in [6.07, 6.45) is -4.74. The van der Waals surface area contributed by atoms with E-state index in [4.69, 9.17) is 5.11 Å². The van der Waals surface area contributed by atoms with Gasteiger partial charge in [-0.3, -0.25) is 14.9 Å². The number of carbonyl (C=O) groups is 1. The molecular formula is C10H9F3N2O4. The van der Waals surface area contributed by atoms with Crippen molar-refractivity contribution in [2.24, 2.45) is 0 Å². The van der Waals surface area contributed by atoms with Crippen molar-refractivity contribution in [1.82, 2.24) is 5.32 Å². The van der Waals surface area contributed by atoms with Crippen LogP contribution in [-0.2, 0) is 17.5 Å². The van der Waals surface area contributed by atoms with Gasteiger partial charge in [-0.1, -0.05) is 6.07 Å². The lowest BCUT2D eigenvalue weighted by Gasteiger charge is -2.13. The number of carboxylic acid groups (broad SMARTS) is 1. The number of carboxylic acids is 1. The van der Waals surface area contributed by atoms with Gasteiger partial charge in [0.2, 0.25) is 0 Å². The van der Waals surface area contributed by atoms with E-state index in [-0.39, 0.29) is 0 Å². The van der Waals surface area contributed by atoms with E-state index in [1.807, 2.05) is 0 Å². The van der Waals surface area contributed by atoms with Crippen molar-refractivity contribution in [3.63, 3.8) is 0 Å². The molecule has 1 aromatic carbocycles. The van der Waals surface area contributed by atoms with E-state index in [0.717, 1.165) is 12.1 Å². The molecule has 1 aromatic rings. The Morgan fingerprint density at radius 3 is 2.53 bits per heavy atom. The third kappa shape index (κ3) is 3.91. The zero-order chi connectivity index (χ0) is 14.6. The minimum Gasteiger partial charge on any atom is -0.480 e. The summed E-state index contributed by atoms with van der Waals surface area (Å²) in [5.41, 5.74) is -2.44. The first-order valence-corrected chi connectivity index (χ1v) is 4.99.